The van der Waals surface area contributed by atoms with Crippen LogP contribution in [0.5, 0.6) is 0 Å². The van der Waals surface area contributed by atoms with Crippen molar-refractivity contribution in [3.8, 4) is 0 Å². The Kier molecular flexibility index (Phi) is 7.48. The van der Waals surface area contributed by atoms with Crippen LogP contribution in [0.1, 0.15) is 58.3 Å². The predicted octanol–water partition coefficient (Wildman–Crippen LogP) is 2.96. The van der Waals surface area contributed by atoms with Crippen LogP contribution in [0.4, 0.5) is 0 Å². The first-order valence-corrected chi connectivity index (χ1v) is 9.29. The van der Waals surface area contributed by atoms with Crippen molar-refractivity contribution in [2.75, 3.05) is 40.3 Å². The summed E-state index contributed by atoms with van der Waals surface area (Å²) in [5.41, 5.74) is 0. The summed E-state index contributed by atoms with van der Waals surface area (Å²) in [6, 6.07) is 1.56. The van der Waals surface area contributed by atoms with Crippen molar-refractivity contribution >= 4 is 0 Å². The fourth-order valence-corrected chi connectivity index (χ4v) is 4.06. The Hall–Kier alpha value is -0.120. The quantitative estimate of drug-likeness (QED) is 0.729. The fraction of sp³-hybridized carbons (Fsp3) is 1.00. The monoisotopic (exact) mass is 295 g/mol. The van der Waals surface area contributed by atoms with Gasteiger partial charge in [0.25, 0.3) is 0 Å². The first kappa shape index (κ1) is 17.2. The van der Waals surface area contributed by atoms with Gasteiger partial charge in [-0.1, -0.05) is 19.3 Å². The van der Waals surface area contributed by atoms with Crippen molar-refractivity contribution in [3.63, 3.8) is 0 Å². The molecule has 2 rings (SSSR count). The Labute approximate surface area is 132 Å². The highest BCUT2D eigenvalue weighted by Gasteiger charge is 2.22. The molecule has 1 saturated heterocycles. The molecule has 21 heavy (non-hydrogen) atoms. The van der Waals surface area contributed by atoms with E-state index >= 15 is 0 Å². The number of nitrogens with zero attached hydrogens (tertiary/aromatic N) is 2. The summed E-state index contributed by atoms with van der Waals surface area (Å²) in [7, 11) is 4.58. The van der Waals surface area contributed by atoms with Gasteiger partial charge in [0.05, 0.1) is 0 Å². The van der Waals surface area contributed by atoms with E-state index in [-0.39, 0.29) is 0 Å². The minimum Gasteiger partial charge on any atom is -0.314 e. The van der Waals surface area contributed by atoms with Crippen molar-refractivity contribution in [3.05, 3.63) is 0 Å². The maximum Gasteiger partial charge on any atom is 0.00922 e. The van der Waals surface area contributed by atoms with Gasteiger partial charge in [-0.2, -0.15) is 0 Å². The molecule has 124 valence electrons. The molecule has 0 spiro atoms. The van der Waals surface area contributed by atoms with Crippen LogP contribution >= 0.6 is 0 Å². The minimum absolute atomic E-state index is 0.693. The molecule has 1 aliphatic carbocycles. The largest absolute Gasteiger partial charge is 0.314 e. The molecule has 0 aromatic carbocycles. The first-order valence-electron chi connectivity index (χ1n) is 9.29. The summed E-state index contributed by atoms with van der Waals surface area (Å²) in [5.74, 6) is 0.886. The Bertz CT molecular complexity index is 268. The Morgan fingerprint density at radius 1 is 1.10 bits per heavy atom. The van der Waals surface area contributed by atoms with Gasteiger partial charge < -0.3 is 15.1 Å². The van der Waals surface area contributed by atoms with E-state index in [1.54, 1.807) is 0 Å². The van der Waals surface area contributed by atoms with E-state index in [0.717, 1.165) is 12.0 Å². The van der Waals surface area contributed by atoms with Crippen LogP contribution in [0.2, 0.25) is 0 Å². The maximum absolute atomic E-state index is 3.78. The van der Waals surface area contributed by atoms with E-state index in [4.69, 9.17) is 0 Å². The van der Waals surface area contributed by atoms with Gasteiger partial charge in [-0.3, -0.25) is 0 Å². The highest BCUT2D eigenvalue weighted by molar-refractivity contribution is 4.79. The summed E-state index contributed by atoms with van der Waals surface area (Å²) in [4.78, 5) is 5.07. The highest BCUT2D eigenvalue weighted by atomic mass is 15.1. The zero-order chi connectivity index (χ0) is 15.1. The first-order chi connectivity index (χ1) is 10.2. The Morgan fingerprint density at radius 2 is 1.76 bits per heavy atom. The van der Waals surface area contributed by atoms with E-state index in [1.165, 1.54) is 77.5 Å². The molecule has 3 nitrogen and oxygen atoms in total. The number of rotatable bonds is 7. The van der Waals surface area contributed by atoms with E-state index in [0.29, 0.717) is 6.04 Å². The Morgan fingerprint density at radius 3 is 2.43 bits per heavy atom. The third-order valence-electron chi connectivity index (χ3n) is 5.82. The summed E-state index contributed by atoms with van der Waals surface area (Å²) in [6.07, 6.45) is 11.2. The molecule has 1 heterocycles. The van der Waals surface area contributed by atoms with Crippen LogP contribution in [0.25, 0.3) is 0 Å². The zero-order valence-corrected chi connectivity index (χ0v) is 14.6. The molecule has 2 aliphatic rings. The average molecular weight is 296 g/mol. The SMILES string of the molecule is CC(NCCCN(C)C1CCCCC1)C1CCN(C)CC1. The van der Waals surface area contributed by atoms with Gasteiger partial charge in [0.2, 0.25) is 0 Å². The molecule has 2 fully saturated rings. The smallest absolute Gasteiger partial charge is 0.00922 e. The predicted molar refractivity (Wildman–Crippen MR) is 91.8 cm³/mol. The van der Waals surface area contributed by atoms with E-state index in [2.05, 4.69) is 36.1 Å². The van der Waals surface area contributed by atoms with Gasteiger partial charge in [0.1, 0.15) is 0 Å². The number of piperidine rings is 1. The maximum atomic E-state index is 3.78. The molecule has 0 radical (unpaired) electrons. The zero-order valence-electron chi connectivity index (χ0n) is 14.6. The van der Waals surface area contributed by atoms with E-state index in [1.807, 2.05) is 0 Å². The molecule has 1 N–H and O–H groups in total. The standard InChI is InChI=1S/C18H37N3/c1-16(17-10-14-20(2)15-11-17)19-12-7-13-21(3)18-8-5-4-6-9-18/h16-19H,4-15H2,1-3H3. The number of hydrogen-bond donors (Lipinski definition) is 1. The normalized spacial score (nSPS) is 24.6. The van der Waals surface area contributed by atoms with Gasteiger partial charge in [0, 0.05) is 12.1 Å². The third kappa shape index (κ3) is 5.88. The molecule has 3 heteroatoms. The summed E-state index contributed by atoms with van der Waals surface area (Å²) in [5, 5.41) is 3.78. The van der Waals surface area contributed by atoms with Crippen LogP contribution < -0.4 is 5.32 Å². The molecule has 0 aromatic rings. The van der Waals surface area contributed by atoms with Crippen LogP contribution in [0, 0.1) is 5.92 Å². The van der Waals surface area contributed by atoms with Crippen LogP contribution in [-0.4, -0.2) is 62.2 Å². The van der Waals surface area contributed by atoms with Crippen molar-refractivity contribution < 1.29 is 0 Å². The van der Waals surface area contributed by atoms with Crippen LogP contribution in [0.15, 0.2) is 0 Å². The molecule has 0 amide bonds. The van der Waals surface area contributed by atoms with Crippen LogP contribution in [-0.2, 0) is 0 Å². The topological polar surface area (TPSA) is 18.5 Å². The summed E-state index contributed by atoms with van der Waals surface area (Å²) < 4.78 is 0. The Balaban J connectivity index is 1.54. The second-order valence-corrected chi connectivity index (χ2v) is 7.51. The van der Waals surface area contributed by atoms with Crippen molar-refractivity contribution in [2.24, 2.45) is 5.92 Å². The molecule has 1 atom stereocenters. The number of hydrogen-bond acceptors (Lipinski definition) is 3. The molecule has 1 unspecified atom stereocenters. The number of likely N-dealkylation sites (tertiary alicyclic amines) is 1. The van der Waals surface area contributed by atoms with Crippen LogP contribution in [0.3, 0.4) is 0 Å². The molecular weight excluding hydrogens is 258 g/mol. The van der Waals surface area contributed by atoms with Gasteiger partial charge in [0.15, 0.2) is 0 Å². The second-order valence-electron chi connectivity index (χ2n) is 7.51. The molecule has 0 bridgehead atoms. The average Bonchev–Trinajstić information content (AvgIpc) is 2.52. The summed E-state index contributed by atoms with van der Waals surface area (Å²) >= 11 is 0. The number of nitrogens with one attached hydrogen (secondary N) is 1. The lowest BCUT2D eigenvalue weighted by Gasteiger charge is -2.34. The lowest BCUT2D eigenvalue weighted by molar-refractivity contribution is 0.179. The summed E-state index contributed by atoms with van der Waals surface area (Å²) in [6.45, 7) is 7.39. The lowest BCUT2D eigenvalue weighted by Crippen LogP contribution is -2.41. The van der Waals surface area contributed by atoms with E-state index < -0.39 is 0 Å². The lowest BCUT2D eigenvalue weighted by atomic mass is 9.90. The van der Waals surface area contributed by atoms with Crippen molar-refractivity contribution in [2.45, 2.75) is 70.4 Å². The van der Waals surface area contributed by atoms with Crippen molar-refractivity contribution in [1.29, 1.82) is 0 Å². The fourth-order valence-electron chi connectivity index (χ4n) is 4.06. The van der Waals surface area contributed by atoms with Gasteiger partial charge >= 0.3 is 0 Å². The molecular formula is C18H37N3. The van der Waals surface area contributed by atoms with Gasteiger partial charge in [-0.05, 0) is 85.2 Å². The molecule has 1 aliphatic heterocycles. The second kappa shape index (κ2) is 9.12. The van der Waals surface area contributed by atoms with Crippen molar-refractivity contribution in [1.82, 2.24) is 15.1 Å². The third-order valence-corrected chi connectivity index (χ3v) is 5.82. The minimum atomic E-state index is 0.693. The molecule has 1 saturated carbocycles. The van der Waals surface area contributed by atoms with Gasteiger partial charge in [-0.25, -0.2) is 0 Å². The van der Waals surface area contributed by atoms with E-state index in [9.17, 15) is 0 Å². The highest BCUT2D eigenvalue weighted by Crippen LogP contribution is 2.22. The van der Waals surface area contributed by atoms with Gasteiger partial charge in [-0.15, -0.1) is 0 Å². The molecule has 0 aromatic heterocycles.